The van der Waals surface area contributed by atoms with Crippen LogP contribution in [0.3, 0.4) is 0 Å². The van der Waals surface area contributed by atoms with Gasteiger partial charge in [0.15, 0.2) is 0 Å². The Kier molecular flexibility index (Phi) is 7.29. The van der Waals surface area contributed by atoms with Gasteiger partial charge in [-0.25, -0.2) is 8.42 Å². The zero-order valence-electron chi connectivity index (χ0n) is 18.1. The standard InChI is InChI=1S/C23H30N4O4S/c28-23(25-19-7-9-21(10-8-19)26-11-2-1-3-12-26)18-24-20-5-4-6-22(17-20)32(29,30)27-13-15-31-16-14-27/h4-10,17,24H,1-3,11-16,18H2,(H,25,28). The summed E-state index contributed by atoms with van der Waals surface area (Å²) in [6.07, 6.45) is 3.73. The summed E-state index contributed by atoms with van der Waals surface area (Å²) in [5, 5.41) is 5.89. The van der Waals surface area contributed by atoms with Crippen LogP contribution >= 0.6 is 0 Å². The van der Waals surface area contributed by atoms with Gasteiger partial charge in [0.1, 0.15) is 0 Å². The molecule has 0 spiro atoms. The van der Waals surface area contributed by atoms with Crippen LogP contribution in [0, 0.1) is 0 Å². The molecule has 8 nitrogen and oxygen atoms in total. The zero-order valence-corrected chi connectivity index (χ0v) is 18.9. The maximum atomic E-state index is 12.8. The number of ether oxygens (including phenoxy) is 1. The summed E-state index contributed by atoms with van der Waals surface area (Å²) in [7, 11) is -3.58. The molecule has 0 atom stereocenters. The van der Waals surface area contributed by atoms with Crippen LogP contribution in [0.2, 0.25) is 0 Å². The quantitative estimate of drug-likeness (QED) is 0.663. The average Bonchev–Trinajstić information content (AvgIpc) is 2.84. The van der Waals surface area contributed by atoms with Gasteiger partial charge in [-0.1, -0.05) is 6.07 Å². The van der Waals surface area contributed by atoms with Crippen molar-refractivity contribution in [1.82, 2.24) is 4.31 Å². The van der Waals surface area contributed by atoms with Crippen molar-refractivity contribution in [3.63, 3.8) is 0 Å². The summed E-state index contributed by atoms with van der Waals surface area (Å²) < 4.78 is 32.3. The maximum absolute atomic E-state index is 12.8. The van der Waals surface area contributed by atoms with Gasteiger partial charge in [-0.15, -0.1) is 0 Å². The van der Waals surface area contributed by atoms with Gasteiger partial charge in [0, 0.05) is 43.2 Å². The molecule has 2 heterocycles. The first-order chi connectivity index (χ1) is 15.5. The van der Waals surface area contributed by atoms with Gasteiger partial charge < -0.3 is 20.3 Å². The van der Waals surface area contributed by atoms with E-state index in [1.54, 1.807) is 24.3 Å². The number of sulfonamides is 1. The Labute approximate surface area is 189 Å². The highest BCUT2D eigenvalue weighted by Gasteiger charge is 2.26. The normalized spacial score (nSPS) is 17.7. The molecule has 0 radical (unpaired) electrons. The van der Waals surface area contributed by atoms with Crippen molar-refractivity contribution in [2.75, 3.05) is 61.5 Å². The van der Waals surface area contributed by atoms with Crippen LogP contribution in [-0.2, 0) is 19.6 Å². The van der Waals surface area contributed by atoms with Gasteiger partial charge in [0.05, 0.1) is 24.7 Å². The molecule has 32 heavy (non-hydrogen) atoms. The molecule has 4 rings (SSSR count). The Balaban J connectivity index is 1.31. The van der Waals surface area contributed by atoms with Crippen molar-refractivity contribution in [3.8, 4) is 0 Å². The molecular formula is C23H30N4O4S. The number of nitrogens with one attached hydrogen (secondary N) is 2. The van der Waals surface area contributed by atoms with E-state index in [1.807, 2.05) is 24.3 Å². The first-order valence-electron chi connectivity index (χ1n) is 11.1. The van der Waals surface area contributed by atoms with Gasteiger partial charge in [-0.2, -0.15) is 4.31 Å². The zero-order chi connectivity index (χ0) is 22.4. The van der Waals surface area contributed by atoms with Crippen LogP contribution in [0.25, 0.3) is 0 Å². The van der Waals surface area contributed by atoms with Gasteiger partial charge in [0.25, 0.3) is 0 Å². The highest BCUT2D eigenvalue weighted by Crippen LogP contribution is 2.22. The Morgan fingerprint density at radius 3 is 2.34 bits per heavy atom. The summed E-state index contributed by atoms with van der Waals surface area (Å²) in [5.74, 6) is -0.197. The molecular weight excluding hydrogens is 428 g/mol. The third-order valence-electron chi connectivity index (χ3n) is 5.77. The van der Waals surface area contributed by atoms with E-state index in [2.05, 4.69) is 15.5 Å². The monoisotopic (exact) mass is 458 g/mol. The van der Waals surface area contributed by atoms with E-state index in [0.29, 0.717) is 32.0 Å². The number of anilines is 3. The largest absolute Gasteiger partial charge is 0.379 e. The second kappa shape index (κ2) is 10.3. The first-order valence-corrected chi connectivity index (χ1v) is 12.5. The SMILES string of the molecule is O=C(CNc1cccc(S(=O)(=O)N2CCOCC2)c1)Nc1ccc(N2CCCCC2)cc1. The Hall–Kier alpha value is -2.62. The Bertz CT molecular complexity index is 1010. The van der Waals surface area contributed by atoms with Crippen LogP contribution in [0.1, 0.15) is 19.3 Å². The summed E-state index contributed by atoms with van der Waals surface area (Å²) in [4.78, 5) is 15.0. The molecule has 2 N–H and O–H groups in total. The topological polar surface area (TPSA) is 91.0 Å². The number of hydrogen-bond donors (Lipinski definition) is 2. The molecule has 2 aliphatic heterocycles. The molecule has 0 aromatic heterocycles. The number of benzene rings is 2. The number of carbonyl (C=O) groups excluding carboxylic acids is 1. The molecule has 2 aliphatic rings. The van der Waals surface area contributed by atoms with Crippen molar-refractivity contribution >= 4 is 33.0 Å². The first kappa shape index (κ1) is 22.6. The second-order valence-corrected chi connectivity index (χ2v) is 9.98. The minimum atomic E-state index is -3.58. The number of piperidine rings is 1. The molecule has 2 aromatic carbocycles. The molecule has 2 aromatic rings. The lowest BCUT2D eigenvalue weighted by molar-refractivity contribution is -0.114. The van der Waals surface area contributed by atoms with E-state index in [0.717, 1.165) is 18.8 Å². The van der Waals surface area contributed by atoms with E-state index in [9.17, 15) is 13.2 Å². The van der Waals surface area contributed by atoms with E-state index >= 15 is 0 Å². The van der Waals surface area contributed by atoms with E-state index in [-0.39, 0.29) is 17.3 Å². The number of rotatable bonds is 7. The lowest BCUT2D eigenvalue weighted by atomic mass is 10.1. The highest BCUT2D eigenvalue weighted by molar-refractivity contribution is 7.89. The van der Waals surface area contributed by atoms with Crippen molar-refractivity contribution in [2.45, 2.75) is 24.2 Å². The molecule has 1 amide bonds. The molecule has 2 saturated heterocycles. The summed E-state index contributed by atoms with van der Waals surface area (Å²) >= 11 is 0. The highest BCUT2D eigenvalue weighted by atomic mass is 32.2. The van der Waals surface area contributed by atoms with Crippen LogP contribution in [0.5, 0.6) is 0 Å². The molecule has 172 valence electrons. The summed E-state index contributed by atoms with van der Waals surface area (Å²) in [6, 6.07) is 14.5. The molecule has 0 saturated carbocycles. The predicted octanol–water partition coefficient (Wildman–Crippen LogP) is 2.75. The third kappa shape index (κ3) is 5.59. The molecule has 2 fully saturated rings. The minimum Gasteiger partial charge on any atom is -0.379 e. The van der Waals surface area contributed by atoms with Gasteiger partial charge in [-0.05, 0) is 61.7 Å². The fourth-order valence-corrected chi connectivity index (χ4v) is 5.45. The van der Waals surface area contributed by atoms with Crippen LogP contribution in [0.4, 0.5) is 17.1 Å². The van der Waals surface area contributed by atoms with E-state index < -0.39 is 10.0 Å². The number of carbonyl (C=O) groups is 1. The van der Waals surface area contributed by atoms with Crippen molar-refractivity contribution in [1.29, 1.82) is 0 Å². The average molecular weight is 459 g/mol. The van der Waals surface area contributed by atoms with Crippen LogP contribution < -0.4 is 15.5 Å². The predicted molar refractivity (Wildman–Crippen MR) is 126 cm³/mol. The van der Waals surface area contributed by atoms with Gasteiger partial charge in [-0.3, -0.25) is 4.79 Å². The smallest absolute Gasteiger partial charge is 0.243 e. The van der Waals surface area contributed by atoms with Crippen LogP contribution in [0.15, 0.2) is 53.4 Å². The third-order valence-corrected chi connectivity index (χ3v) is 7.66. The fraction of sp³-hybridized carbons (Fsp3) is 0.435. The molecule has 0 aliphatic carbocycles. The number of hydrogen-bond acceptors (Lipinski definition) is 6. The lowest BCUT2D eigenvalue weighted by Gasteiger charge is -2.28. The molecule has 9 heteroatoms. The lowest BCUT2D eigenvalue weighted by Crippen LogP contribution is -2.40. The number of morpholine rings is 1. The van der Waals surface area contributed by atoms with Gasteiger partial charge in [0.2, 0.25) is 15.9 Å². The van der Waals surface area contributed by atoms with Crippen molar-refractivity contribution in [2.24, 2.45) is 0 Å². The summed E-state index contributed by atoms with van der Waals surface area (Å²) in [6.45, 7) is 3.69. The maximum Gasteiger partial charge on any atom is 0.243 e. The van der Waals surface area contributed by atoms with Gasteiger partial charge >= 0.3 is 0 Å². The van der Waals surface area contributed by atoms with Crippen molar-refractivity contribution < 1.29 is 17.9 Å². The van der Waals surface area contributed by atoms with Crippen molar-refractivity contribution in [3.05, 3.63) is 48.5 Å². The fourth-order valence-electron chi connectivity index (χ4n) is 4.00. The Morgan fingerprint density at radius 2 is 1.62 bits per heavy atom. The molecule has 0 unspecified atom stereocenters. The Morgan fingerprint density at radius 1 is 0.906 bits per heavy atom. The minimum absolute atomic E-state index is 0.0366. The number of nitrogens with zero attached hydrogens (tertiary/aromatic N) is 2. The van der Waals surface area contributed by atoms with E-state index in [4.69, 9.17) is 4.74 Å². The number of amides is 1. The summed E-state index contributed by atoms with van der Waals surface area (Å²) in [5.41, 5.74) is 2.50. The van der Waals surface area contributed by atoms with E-state index in [1.165, 1.54) is 29.3 Å². The molecule has 0 bridgehead atoms. The second-order valence-electron chi connectivity index (χ2n) is 8.04. The van der Waals surface area contributed by atoms with Crippen LogP contribution in [-0.4, -0.2) is 64.6 Å².